The molecule has 0 radical (unpaired) electrons. The summed E-state index contributed by atoms with van der Waals surface area (Å²) in [7, 11) is -1.91. The van der Waals surface area contributed by atoms with Gasteiger partial charge in [-0.2, -0.15) is 0 Å². The molecule has 2 N–H and O–H groups in total. The Morgan fingerprint density at radius 3 is 2.15 bits per heavy atom. The average molecular weight is 578 g/mol. The van der Waals surface area contributed by atoms with Crippen LogP contribution in [0.15, 0.2) is 89.8 Å². The molecule has 0 saturated heterocycles. The van der Waals surface area contributed by atoms with Gasteiger partial charge in [-0.1, -0.05) is 72.8 Å². The fraction of sp³-hybridized carbons (Fsp3) is 0.375. The van der Waals surface area contributed by atoms with Gasteiger partial charge in [0.1, 0.15) is 6.04 Å². The van der Waals surface area contributed by atoms with Gasteiger partial charge in [-0.3, -0.25) is 9.59 Å². The Labute approximate surface area is 243 Å². The van der Waals surface area contributed by atoms with Crippen LogP contribution in [0, 0.1) is 0 Å². The third-order valence-electron chi connectivity index (χ3n) is 7.05. The number of hydrogen-bond donors (Lipinski definition) is 2. The minimum atomic E-state index is -3.53. The number of methoxy groups -OCH3 is 1. The van der Waals surface area contributed by atoms with Crippen LogP contribution in [-0.2, 0) is 43.7 Å². The minimum absolute atomic E-state index is 0.0360. The molecule has 0 spiro atoms. The second kappa shape index (κ2) is 14.9. The lowest BCUT2D eigenvalue weighted by molar-refractivity contribution is -0.141. The topological polar surface area (TPSA) is 105 Å². The van der Waals surface area contributed by atoms with Gasteiger partial charge >= 0.3 is 0 Å². The Kier molecular flexibility index (Phi) is 11.1. The fourth-order valence-corrected chi connectivity index (χ4v) is 5.90. The molecule has 1 aliphatic carbocycles. The lowest BCUT2D eigenvalue weighted by atomic mass is 10.0. The van der Waals surface area contributed by atoms with Crippen LogP contribution in [0.25, 0.3) is 0 Å². The first kappa shape index (κ1) is 30.4. The summed E-state index contributed by atoms with van der Waals surface area (Å²) in [5.41, 5.74) is 2.75. The summed E-state index contributed by atoms with van der Waals surface area (Å²) in [6.45, 7) is 1.29. The molecule has 1 atom stereocenters. The molecule has 0 heterocycles. The standard InChI is InChI=1S/C32H39N3O5S/c1-40-22-8-21-33-32(37)30(23-26-9-4-2-5-10-26)35(24-27-11-6-3-7-12-27)31(36)20-15-25-13-18-29(19-14-25)41(38,39)34-28-16-17-28/h2-7,9-14,18-19,28,30,34H,8,15-17,20-24H2,1H3,(H,33,37)/t30-/m0/s1. The van der Waals surface area contributed by atoms with E-state index in [1.54, 1.807) is 36.3 Å². The molecule has 8 nitrogen and oxygen atoms in total. The maximum atomic E-state index is 13.8. The third kappa shape index (κ3) is 9.52. The number of hydrogen-bond acceptors (Lipinski definition) is 5. The number of rotatable bonds is 16. The van der Waals surface area contributed by atoms with Crippen molar-refractivity contribution in [3.63, 3.8) is 0 Å². The molecule has 9 heteroatoms. The van der Waals surface area contributed by atoms with E-state index < -0.39 is 16.1 Å². The van der Waals surface area contributed by atoms with Crippen molar-refractivity contribution >= 4 is 21.8 Å². The molecule has 3 aromatic carbocycles. The summed E-state index contributed by atoms with van der Waals surface area (Å²) in [6, 6.07) is 25.4. The molecule has 1 fully saturated rings. The molecule has 1 aliphatic rings. The molecule has 218 valence electrons. The highest BCUT2D eigenvalue weighted by molar-refractivity contribution is 7.89. The Morgan fingerprint density at radius 1 is 0.902 bits per heavy atom. The quantitative estimate of drug-likeness (QED) is 0.252. The number of sulfonamides is 1. The number of ether oxygens (including phenoxy) is 1. The van der Waals surface area contributed by atoms with Gasteiger partial charge < -0.3 is 15.0 Å². The number of nitrogens with zero attached hydrogens (tertiary/aromatic N) is 1. The highest BCUT2D eigenvalue weighted by Gasteiger charge is 2.30. The van der Waals surface area contributed by atoms with Crippen LogP contribution in [0.3, 0.4) is 0 Å². The van der Waals surface area contributed by atoms with Gasteiger partial charge in [0, 0.05) is 45.7 Å². The van der Waals surface area contributed by atoms with Gasteiger partial charge in [0.15, 0.2) is 0 Å². The Bertz CT molecular complexity index is 1360. The zero-order chi connectivity index (χ0) is 29.1. The number of amides is 2. The first-order valence-corrected chi connectivity index (χ1v) is 15.6. The molecule has 1 saturated carbocycles. The molecule has 2 amide bonds. The normalized spacial score (nSPS) is 13.9. The second-order valence-electron chi connectivity index (χ2n) is 10.4. The predicted molar refractivity (Wildman–Crippen MR) is 159 cm³/mol. The Morgan fingerprint density at radius 2 is 1.54 bits per heavy atom. The first-order valence-electron chi connectivity index (χ1n) is 14.1. The van der Waals surface area contributed by atoms with Crippen molar-refractivity contribution in [2.45, 2.75) is 62.0 Å². The van der Waals surface area contributed by atoms with E-state index in [-0.39, 0.29) is 29.2 Å². The lowest BCUT2D eigenvalue weighted by Crippen LogP contribution is -2.50. The van der Waals surface area contributed by atoms with E-state index in [4.69, 9.17) is 4.74 Å². The molecule has 0 bridgehead atoms. The van der Waals surface area contributed by atoms with E-state index in [9.17, 15) is 18.0 Å². The summed E-state index contributed by atoms with van der Waals surface area (Å²) in [6.07, 6.45) is 3.41. The van der Waals surface area contributed by atoms with Crippen LogP contribution in [0.4, 0.5) is 0 Å². The van der Waals surface area contributed by atoms with Gasteiger partial charge in [0.05, 0.1) is 4.90 Å². The Balaban J connectivity index is 1.51. The molecule has 0 aromatic heterocycles. The van der Waals surface area contributed by atoms with Gasteiger partial charge in [-0.25, -0.2) is 13.1 Å². The van der Waals surface area contributed by atoms with Crippen LogP contribution >= 0.6 is 0 Å². The van der Waals surface area contributed by atoms with E-state index in [0.717, 1.165) is 29.5 Å². The minimum Gasteiger partial charge on any atom is -0.385 e. The van der Waals surface area contributed by atoms with E-state index in [1.165, 1.54) is 0 Å². The van der Waals surface area contributed by atoms with E-state index in [1.807, 2.05) is 60.7 Å². The monoisotopic (exact) mass is 577 g/mol. The molecule has 4 rings (SSSR count). The van der Waals surface area contributed by atoms with Crippen LogP contribution < -0.4 is 10.0 Å². The largest absolute Gasteiger partial charge is 0.385 e. The summed E-state index contributed by atoms with van der Waals surface area (Å²) in [5.74, 6) is -0.346. The first-order chi connectivity index (χ1) is 19.9. The SMILES string of the molecule is COCCCNC(=O)[C@H](Cc1ccccc1)N(Cc1ccccc1)C(=O)CCc1ccc(S(=O)(=O)NC2CC2)cc1. The second-order valence-corrected chi connectivity index (χ2v) is 12.1. The summed E-state index contributed by atoms with van der Waals surface area (Å²) >= 11 is 0. The van der Waals surface area contributed by atoms with Gasteiger partial charge in [-0.15, -0.1) is 0 Å². The zero-order valence-corrected chi connectivity index (χ0v) is 24.3. The highest BCUT2D eigenvalue weighted by atomic mass is 32.2. The van der Waals surface area contributed by atoms with Crippen molar-refractivity contribution in [2.75, 3.05) is 20.3 Å². The maximum absolute atomic E-state index is 13.8. The maximum Gasteiger partial charge on any atom is 0.243 e. The molecular weight excluding hydrogens is 538 g/mol. The number of carbonyl (C=O) groups is 2. The van der Waals surface area contributed by atoms with Crippen molar-refractivity contribution in [1.29, 1.82) is 0 Å². The van der Waals surface area contributed by atoms with Gasteiger partial charge in [0.25, 0.3) is 0 Å². The van der Waals surface area contributed by atoms with Crippen molar-refractivity contribution in [2.24, 2.45) is 0 Å². The van der Waals surface area contributed by atoms with E-state index in [2.05, 4.69) is 10.0 Å². The molecular formula is C32H39N3O5S. The summed E-state index contributed by atoms with van der Waals surface area (Å²) < 4.78 is 32.8. The van der Waals surface area contributed by atoms with Crippen molar-refractivity contribution in [1.82, 2.24) is 14.9 Å². The predicted octanol–water partition coefficient (Wildman–Crippen LogP) is 3.85. The number of nitrogens with one attached hydrogen (secondary N) is 2. The van der Waals surface area contributed by atoms with Crippen molar-refractivity contribution < 1.29 is 22.7 Å². The number of carbonyl (C=O) groups excluding carboxylic acids is 2. The molecule has 3 aromatic rings. The summed E-state index contributed by atoms with van der Waals surface area (Å²) in [5, 5.41) is 3.00. The van der Waals surface area contributed by atoms with Crippen molar-refractivity contribution in [3.05, 3.63) is 102 Å². The van der Waals surface area contributed by atoms with Crippen molar-refractivity contribution in [3.8, 4) is 0 Å². The lowest BCUT2D eigenvalue weighted by Gasteiger charge is -2.31. The Hall–Kier alpha value is -3.53. The third-order valence-corrected chi connectivity index (χ3v) is 8.59. The van der Waals surface area contributed by atoms with Gasteiger partial charge in [0.2, 0.25) is 21.8 Å². The van der Waals surface area contributed by atoms with Crippen LogP contribution in [0.2, 0.25) is 0 Å². The van der Waals surface area contributed by atoms with E-state index >= 15 is 0 Å². The number of aryl methyl sites for hydroxylation is 1. The fourth-order valence-electron chi connectivity index (χ4n) is 4.60. The summed E-state index contributed by atoms with van der Waals surface area (Å²) in [4.78, 5) is 29.2. The molecule has 41 heavy (non-hydrogen) atoms. The average Bonchev–Trinajstić information content (AvgIpc) is 3.80. The molecule has 0 aliphatic heterocycles. The highest BCUT2D eigenvalue weighted by Crippen LogP contribution is 2.23. The number of benzene rings is 3. The van der Waals surface area contributed by atoms with Crippen LogP contribution in [0.1, 0.15) is 42.4 Å². The van der Waals surface area contributed by atoms with Gasteiger partial charge in [-0.05, 0) is 54.5 Å². The van der Waals surface area contributed by atoms with E-state index in [0.29, 0.717) is 39.0 Å². The smallest absolute Gasteiger partial charge is 0.243 e. The van der Waals surface area contributed by atoms with Crippen LogP contribution in [0.5, 0.6) is 0 Å². The molecule has 0 unspecified atom stereocenters. The zero-order valence-electron chi connectivity index (χ0n) is 23.5. The van der Waals surface area contributed by atoms with Crippen LogP contribution in [-0.4, -0.2) is 57.5 Å².